The molecule has 98 valence electrons. The summed E-state index contributed by atoms with van der Waals surface area (Å²) in [6.07, 6.45) is 1.70. The zero-order chi connectivity index (χ0) is 13.5. The second kappa shape index (κ2) is 6.93. The lowest BCUT2D eigenvalue weighted by Gasteiger charge is -2.07. The molecule has 1 atom stereocenters. The van der Waals surface area contributed by atoms with Crippen molar-refractivity contribution in [3.63, 3.8) is 0 Å². The third-order valence-electron chi connectivity index (χ3n) is 2.10. The second-order valence-electron chi connectivity index (χ2n) is 3.57. The molecule has 1 rings (SSSR count). The zero-order valence-corrected chi connectivity index (χ0v) is 11.0. The van der Waals surface area contributed by atoms with Gasteiger partial charge in [0.05, 0.1) is 13.7 Å². The molecule has 0 saturated carbocycles. The molecule has 1 heterocycles. The molecule has 0 aliphatic rings. The van der Waals surface area contributed by atoms with Gasteiger partial charge in [-0.1, -0.05) is 0 Å². The molecule has 1 unspecified atom stereocenters. The number of hydrogen-bond acceptors (Lipinski definition) is 5. The van der Waals surface area contributed by atoms with E-state index in [4.69, 9.17) is 0 Å². The molecule has 1 aromatic heterocycles. The topological polar surface area (TPSA) is 75.6 Å². The normalized spacial score (nSPS) is 12.4. The largest absolute Gasteiger partial charge is 0.467 e. The Morgan fingerprint density at radius 2 is 2.28 bits per heavy atom. The highest BCUT2D eigenvalue weighted by molar-refractivity contribution is 7.12. The number of nitrogens with one attached hydrogen (secondary N) is 1. The number of esters is 1. The van der Waals surface area contributed by atoms with E-state index in [0.29, 0.717) is 0 Å². The van der Waals surface area contributed by atoms with Crippen LogP contribution in [0.5, 0.6) is 0 Å². The number of thiophene rings is 1. The summed E-state index contributed by atoms with van der Waals surface area (Å²) < 4.78 is 4.32. The van der Waals surface area contributed by atoms with Gasteiger partial charge in [-0.15, -0.1) is 11.3 Å². The van der Waals surface area contributed by atoms with E-state index in [2.05, 4.69) is 10.1 Å². The Labute approximate surface area is 109 Å². The standard InChI is InChI=1S/C12H15NO4S/c1-8-3-4-9(18-8)5-6-11(15)13-7-10(14)12(16)17-2/h3-6,10,14H,7H2,1-2H3,(H,13,15)/b6-5+. The summed E-state index contributed by atoms with van der Waals surface area (Å²) >= 11 is 1.57. The summed E-state index contributed by atoms with van der Waals surface area (Å²) in [6.45, 7) is 1.81. The van der Waals surface area contributed by atoms with E-state index in [1.54, 1.807) is 17.4 Å². The lowest BCUT2D eigenvalue weighted by Crippen LogP contribution is -2.36. The first-order chi connectivity index (χ1) is 8.52. The van der Waals surface area contributed by atoms with Crippen molar-refractivity contribution >= 4 is 29.3 Å². The Bertz CT molecular complexity index is 453. The maximum atomic E-state index is 11.4. The van der Waals surface area contributed by atoms with Crippen LogP contribution in [0, 0.1) is 6.92 Å². The molecular formula is C12H15NO4S. The molecule has 0 aliphatic heterocycles. The summed E-state index contributed by atoms with van der Waals surface area (Å²) in [5.74, 6) is -1.14. The highest BCUT2D eigenvalue weighted by Crippen LogP contribution is 2.16. The van der Waals surface area contributed by atoms with E-state index in [1.807, 2.05) is 19.1 Å². The molecule has 0 spiro atoms. The second-order valence-corrected chi connectivity index (χ2v) is 4.89. The highest BCUT2D eigenvalue weighted by atomic mass is 32.1. The maximum Gasteiger partial charge on any atom is 0.336 e. The van der Waals surface area contributed by atoms with Gasteiger partial charge in [-0.2, -0.15) is 0 Å². The predicted molar refractivity (Wildman–Crippen MR) is 69.1 cm³/mol. The fourth-order valence-electron chi connectivity index (χ4n) is 1.18. The number of amides is 1. The minimum absolute atomic E-state index is 0.167. The maximum absolute atomic E-state index is 11.4. The number of carbonyl (C=O) groups is 2. The van der Waals surface area contributed by atoms with Crippen LogP contribution in [0.25, 0.3) is 6.08 Å². The third-order valence-corrected chi connectivity index (χ3v) is 3.07. The monoisotopic (exact) mass is 269 g/mol. The van der Waals surface area contributed by atoms with Crippen LogP contribution in [0.4, 0.5) is 0 Å². The summed E-state index contributed by atoms with van der Waals surface area (Å²) in [5.41, 5.74) is 0. The average molecular weight is 269 g/mol. The molecule has 0 bridgehead atoms. The Hall–Kier alpha value is -1.66. The summed E-state index contributed by atoms with van der Waals surface area (Å²) in [4.78, 5) is 24.4. The van der Waals surface area contributed by atoms with E-state index in [0.717, 1.165) is 9.75 Å². The molecule has 6 heteroatoms. The van der Waals surface area contributed by atoms with Gasteiger partial charge in [-0.3, -0.25) is 4.79 Å². The molecule has 5 nitrogen and oxygen atoms in total. The summed E-state index contributed by atoms with van der Waals surface area (Å²) in [5, 5.41) is 11.6. The molecule has 0 fully saturated rings. The van der Waals surface area contributed by atoms with Crippen molar-refractivity contribution in [3.05, 3.63) is 28.0 Å². The van der Waals surface area contributed by atoms with Crippen LogP contribution in [0.2, 0.25) is 0 Å². The quantitative estimate of drug-likeness (QED) is 0.610. The van der Waals surface area contributed by atoms with E-state index in [1.165, 1.54) is 13.2 Å². The van der Waals surface area contributed by atoms with Gasteiger partial charge in [-0.05, 0) is 25.1 Å². The van der Waals surface area contributed by atoms with E-state index >= 15 is 0 Å². The average Bonchev–Trinajstić information content (AvgIpc) is 2.78. The molecule has 0 radical (unpaired) electrons. The van der Waals surface area contributed by atoms with Crippen molar-refractivity contribution in [2.24, 2.45) is 0 Å². The number of carbonyl (C=O) groups excluding carboxylic acids is 2. The molecule has 0 saturated heterocycles. The number of hydrogen-bond donors (Lipinski definition) is 2. The first kappa shape index (κ1) is 14.4. The first-order valence-corrected chi connectivity index (χ1v) is 6.13. The van der Waals surface area contributed by atoms with Crippen LogP contribution in [-0.4, -0.2) is 36.7 Å². The molecule has 1 aromatic rings. The summed E-state index contributed by atoms with van der Waals surface area (Å²) in [6, 6.07) is 3.87. The lowest BCUT2D eigenvalue weighted by atomic mass is 10.3. The number of rotatable bonds is 5. The Kier molecular flexibility index (Phi) is 5.54. The van der Waals surface area contributed by atoms with Crippen molar-refractivity contribution in [2.75, 3.05) is 13.7 Å². The Balaban J connectivity index is 2.38. The van der Waals surface area contributed by atoms with Crippen LogP contribution in [-0.2, 0) is 14.3 Å². The van der Waals surface area contributed by atoms with Crippen molar-refractivity contribution in [3.8, 4) is 0 Å². The number of ether oxygens (including phenoxy) is 1. The molecule has 0 aromatic carbocycles. The van der Waals surface area contributed by atoms with Gasteiger partial charge in [0.15, 0.2) is 6.10 Å². The SMILES string of the molecule is COC(=O)C(O)CNC(=O)/C=C/c1ccc(C)s1. The number of aliphatic hydroxyl groups excluding tert-OH is 1. The molecule has 2 N–H and O–H groups in total. The number of aryl methyl sites for hydroxylation is 1. The minimum Gasteiger partial charge on any atom is -0.467 e. The zero-order valence-electron chi connectivity index (χ0n) is 10.2. The van der Waals surface area contributed by atoms with Crippen molar-refractivity contribution in [1.82, 2.24) is 5.32 Å². The number of methoxy groups -OCH3 is 1. The van der Waals surface area contributed by atoms with Gasteiger partial charge in [0, 0.05) is 15.8 Å². The van der Waals surface area contributed by atoms with E-state index in [9.17, 15) is 14.7 Å². The minimum atomic E-state index is -1.34. The molecular weight excluding hydrogens is 254 g/mol. The highest BCUT2D eigenvalue weighted by Gasteiger charge is 2.15. The van der Waals surface area contributed by atoms with E-state index in [-0.39, 0.29) is 12.5 Å². The van der Waals surface area contributed by atoms with Gasteiger partial charge in [0.25, 0.3) is 0 Å². The van der Waals surface area contributed by atoms with Crippen LogP contribution in [0.15, 0.2) is 18.2 Å². The van der Waals surface area contributed by atoms with Gasteiger partial charge in [0.2, 0.25) is 5.91 Å². The van der Waals surface area contributed by atoms with Crippen molar-refractivity contribution in [2.45, 2.75) is 13.0 Å². The van der Waals surface area contributed by atoms with Crippen molar-refractivity contribution in [1.29, 1.82) is 0 Å². The van der Waals surface area contributed by atoms with Crippen LogP contribution >= 0.6 is 11.3 Å². The van der Waals surface area contributed by atoms with Gasteiger partial charge in [-0.25, -0.2) is 4.79 Å². The van der Waals surface area contributed by atoms with E-state index < -0.39 is 12.1 Å². The van der Waals surface area contributed by atoms with Crippen molar-refractivity contribution < 1.29 is 19.4 Å². The van der Waals surface area contributed by atoms with Gasteiger partial charge < -0.3 is 15.2 Å². The number of aliphatic hydroxyl groups is 1. The summed E-state index contributed by atoms with van der Waals surface area (Å²) in [7, 11) is 1.17. The van der Waals surface area contributed by atoms with Crippen LogP contribution in [0.3, 0.4) is 0 Å². The Morgan fingerprint density at radius 1 is 1.56 bits per heavy atom. The molecule has 18 heavy (non-hydrogen) atoms. The fraction of sp³-hybridized carbons (Fsp3) is 0.333. The predicted octanol–water partition coefficient (Wildman–Crippen LogP) is 0.720. The van der Waals surface area contributed by atoms with Gasteiger partial charge in [0.1, 0.15) is 0 Å². The van der Waals surface area contributed by atoms with Crippen LogP contribution < -0.4 is 5.32 Å². The first-order valence-electron chi connectivity index (χ1n) is 5.31. The smallest absolute Gasteiger partial charge is 0.336 e. The van der Waals surface area contributed by atoms with Gasteiger partial charge >= 0.3 is 5.97 Å². The van der Waals surface area contributed by atoms with Crippen LogP contribution in [0.1, 0.15) is 9.75 Å². The molecule has 1 amide bonds. The Morgan fingerprint density at radius 3 is 2.83 bits per heavy atom. The fourth-order valence-corrected chi connectivity index (χ4v) is 1.96. The molecule has 0 aliphatic carbocycles. The lowest BCUT2D eigenvalue weighted by molar-refractivity contribution is -0.150. The third kappa shape index (κ3) is 4.68.